The highest BCUT2D eigenvalue weighted by molar-refractivity contribution is 7.90. The van der Waals surface area contributed by atoms with Gasteiger partial charge in [0.2, 0.25) is 0 Å². The van der Waals surface area contributed by atoms with Crippen LogP contribution in [-0.2, 0) is 9.84 Å². The van der Waals surface area contributed by atoms with Gasteiger partial charge in [-0.1, -0.05) is 0 Å². The van der Waals surface area contributed by atoms with Crippen LogP contribution in [0.3, 0.4) is 0 Å². The van der Waals surface area contributed by atoms with Crippen LogP contribution in [0, 0.1) is 11.3 Å². The van der Waals surface area contributed by atoms with Gasteiger partial charge in [-0.15, -0.1) is 0 Å². The number of carbonyl (C=O) groups is 1. The lowest BCUT2D eigenvalue weighted by molar-refractivity contribution is 0.0988. The fraction of sp³-hybridized carbons (Fsp3) is 0.182. The number of nitrogens with two attached hydrogens (primary N) is 2. The van der Waals surface area contributed by atoms with E-state index in [1.807, 2.05) is 0 Å². The maximum atomic E-state index is 12.9. The van der Waals surface area contributed by atoms with Gasteiger partial charge in [0.15, 0.2) is 15.8 Å². The van der Waals surface area contributed by atoms with Crippen molar-refractivity contribution >= 4 is 21.7 Å². The van der Waals surface area contributed by atoms with Gasteiger partial charge in [0.1, 0.15) is 6.07 Å². The zero-order valence-corrected chi connectivity index (χ0v) is 11.5. The number of nitrogens with zero attached hydrogens (tertiary/aromatic N) is 2. The Morgan fingerprint density at radius 3 is 2.33 bits per heavy atom. The molecule has 0 aromatic heterocycles. The summed E-state index contributed by atoms with van der Waals surface area (Å²) < 4.78 is 49.0. The Kier molecular flexibility index (Phi) is 4.59. The van der Waals surface area contributed by atoms with Gasteiger partial charge < -0.3 is 11.5 Å². The molecule has 0 radical (unpaired) electrons. The largest absolute Gasteiger partial charge is 0.370 e. The van der Waals surface area contributed by atoms with Crippen molar-refractivity contribution in [3.05, 3.63) is 28.8 Å². The number of benzene rings is 1. The summed E-state index contributed by atoms with van der Waals surface area (Å²) in [6.45, 7) is 0. The van der Waals surface area contributed by atoms with E-state index in [-0.39, 0.29) is 0 Å². The number of halogens is 2. The second-order valence-corrected chi connectivity index (χ2v) is 5.95. The molecule has 112 valence electrons. The van der Waals surface area contributed by atoms with Crippen molar-refractivity contribution in [2.75, 3.05) is 6.26 Å². The summed E-state index contributed by atoms with van der Waals surface area (Å²) in [5.41, 5.74) is 7.97. The Labute approximate surface area is 118 Å². The van der Waals surface area contributed by atoms with E-state index in [4.69, 9.17) is 16.7 Å². The number of sulfone groups is 1. The van der Waals surface area contributed by atoms with Crippen LogP contribution in [0.2, 0.25) is 0 Å². The summed E-state index contributed by atoms with van der Waals surface area (Å²) in [6.07, 6.45) is -2.33. The summed E-state index contributed by atoms with van der Waals surface area (Å²) >= 11 is 0. The zero-order chi connectivity index (χ0) is 16.4. The number of aliphatic imine (C=N–C) groups is 1. The van der Waals surface area contributed by atoms with Gasteiger partial charge >= 0.3 is 0 Å². The normalized spacial score (nSPS) is 11.0. The minimum atomic E-state index is -3.90. The lowest BCUT2D eigenvalue weighted by atomic mass is 10.0. The zero-order valence-electron chi connectivity index (χ0n) is 10.7. The fourth-order valence-corrected chi connectivity index (χ4v) is 2.37. The summed E-state index contributed by atoms with van der Waals surface area (Å²) in [6, 6.07) is 2.80. The number of rotatable bonds is 3. The first-order valence-electron chi connectivity index (χ1n) is 5.28. The van der Waals surface area contributed by atoms with E-state index in [9.17, 15) is 22.0 Å². The summed E-state index contributed by atoms with van der Waals surface area (Å²) in [4.78, 5) is 14.2. The molecule has 7 nitrogen and oxygen atoms in total. The van der Waals surface area contributed by atoms with E-state index in [1.165, 1.54) is 6.07 Å². The molecule has 0 saturated heterocycles. The van der Waals surface area contributed by atoms with Crippen LogP contribution >= 0.6 is 0 Å². The molecule has 0 unspecified atom stereocenters. The third kappa shape index (κ3) is 3.73. The third-order valence-electron chi connectivity index (χ3n) is 2.37. The van der Waals surface area contributed by atoms with E-state index in [0.29, 0.717) is 12.1 Å². The average Bonchev–Trinajstić information content (AvgIpc) is 2.34. The number of amides is 1. The summed E-state index contributed by atoms with van der Waals surface area (Å²) in [5, 5.41) is 8.85. The Bertz CT molecular complexity index is 762. The predicted molar refractivity (Wildman–Crippen MR) is 69.4 cm³/mol. The van der Waals surface area contributed by atoms with E-state index in [0.717, 1.165) is 6.26 Å². The SMILES string of the molecule is CS(=O)(=O)c1cc(C(=O)N=C(N)N)c(C(F)F)cc1C#N. The van der Waals surface area contributed by atoms with Crippen LogP contribution in [0.4, 0.5) is 8.78 Å². The number of carbonyl (C=O) groups excluding carboxylic acids is 1. The van der Waals surface area contributed by atoms with Crippen molar-refractivity contribution in [3.8, 4) is 6.07 Å². The summed E-state index contributed by atoms with van der Waals surface area (Å²) in [7, 11) is -3.90. The molecule has 1 rings (SSSR count). The monoisotopic (exact) mass is 316 g/mol. The van der Waals surface area contributed by atoms with Crippen molar-refractivity contribution in [3.63, 3.8) is 0 Å². The highest BCUT2D eigenvalue weighted by atomic mass is 32.2. The first kappa shape index (κ1) is 16.5. The third-order valence-corrected chi connectivity index (χ3v) is 3.50. The Morgan fingerprint density at radius 1 is 1.38 bits per heavy atom. The van der Waals surface area contributed by atoms with Gasteiger partial charge in [0.05, 0.1) is 16.0 Å². The van der Waals surface area contributed by atoms with Crippen molar-refractivity contribution in [2.24, 2.45) is 16.5 Å². The van der Waals surface area contributed by atoms with Gasteiger partial charge in [-0.25, -0.2) is 17.2 Å². The second kappa shape index (κ2) is 5.84. The first-order chi connectivity index (χ1) is 9.57. The molecule has 0 aliphatic rings. The van der Waals surface area contributed by atoms with E-state index >= 15 is 0 Å². The number of nitriles is 1. The van der Waals surface area contributed by atoms with Gasteiger partial charge in [-0.2, -0.15) is 10.3 Å². The molecule has 0 atom stereocenters. The maximum Gasteiger partial charge on any atom is 0.280 e. The molecule has 1 aromatic carbocycles. The van der Waals surface area contributed by atoms with Crippen molar-refractivity contribution in [1.29, 1.82) is 5.26 Å². The molecule has 0 heterocycles. The Hall–Kier alpha value is -2.54. The smallest absolute Gasteiger partial charge is 0.280 e. The van der Waals surface area contributed by atoms with Gasteiger partial charge in [-0.3, -0.25) is 4.79 Å². The number of guanidine groups is 1. The van der Waals surface area contributed by atoms with Gasteiger partial charge in [-0.05, 0) is 12.1 Å². The van der Waals surface area contributed by atoms with Crippen LogP contribution < -0.4 is 11.5 Å². The van der Waals surface area contributed by atoms with E-state index in [2.05, 4.69) is 4.99 Å². The molecule has 10 heteroatoms. The van der Waals surface area contributed by atoms with Gasteiger partial charge in [0.25, 0.3) is 12.3 Å². The number of hydrogen-bond acceptors (Lipinski definition) is 4. The quantitative estimate of drug-likeness (QED) is 0.607. The van der Waals surface area contributed by atoms with Crippen LogP contribution in [0.25, 0.3) is 0 Å². The van der Waals surface area contributed by atoms with Crippen LogP contribution in [0.15, 0.2) is 22.0 Å². The summed E-state index contributed by atoms with van der Waals surface area (Å²) in [5.74, 6) is -1.88. The molecule has 0 bridgehead atoms. The first-order valence-corrected chi connectivity index (χ1v) is 7.17. The predicted octanol–water partition coefficient (Wildman–Crippen LogP) is 0.313. The molecule has 1 aromatic rings. The molecule has 0 fully saturated rings. The molecule has 1 amide bonds. The van der Waals surface area contributed by atoms with E-state index in [1.54, 1.807) is 0 Å². The highest BCUT2D eigenvalue weighted by Crippen LogP contribution is 2.29. The molecule has 4 N–H and O–H groups in total. The standard InChI is InChI=1S/C11H10F2N4O3S/c1-21(19,20)8-3-7(10(18)17-11(15)16)6(9(12)13)2-5(8)4-14/h2-3,9H,1H3,(H4,15,16,17,18). The number of alkyl halides is 2. The lowest BCUT2D eigenvalue weighted by Crippen LogP contribution is -2.24. The fourth-order valence-electron chi connectivity index (χ4n) is 1.53. The molecule has 21 heavy (non-hydrogen) atoms. The highest BCUT2D eigenvalue weighted by Gasteiger charge is 2.24. The van der Waals surface area contributed by atoms with Crippen molar-refractivity contribution in [1.82, 2.24) is 0 Å². The van der Waals surface area contributed by atoms with E-state index < -0.39 is 49.7 Å². The molecule has 0 saturated carbocycles. The minimum Gasteiger partial charge on any atom is -0.370 e. The number of hydrogen-bond donors (Lipinski definition) is 2. The van der Waals surface area contributed by atoms with Gasteiger partial charge in [0, 0.05) is 11.8 Å². The molecular formula is C11H10F2N4O3S. The second-order valence-electron chi connectivity index (χ2n) is 3.96. The van der Waals surface area contributed by atoms with Crippen LogP contribution in [-0.4, -0.2) is 26.5 Å². The topological polar surface area (TPSA) is 139 Å². The van der Waals surface area contributed by atoms with Crippen molar-refractivity contribution in [2.45, 2.75) is 11.3 Å². The van der Waals surface area contributed by atoms with Crippen molar-refractivity contribution < 1.29 is 22.0 Å². The molecule has 0 aliphatic carbocycles. The molecule has 0 aliphatic heterocycles. The minimum absolute atomic E-state index is 0.492. The average molecular weight is 316 g/mol. The molecule has 0 spiro atoms. The van der Waals surface area contributed by atoms with Crippen LogP contribution in [0.5, 0.6) is 0 Å². The van der Waals surface area contributed by atoms with Crippen LogP contribution in [0.1, 0.15) is 27.9 Å². The molecular weight excluding hydrogens is 306 g/mol. The lowest BCUT2D eigenvalue weighted by Gasteiger charge is -2.10. The maximum absolute atomic E-state index is 12.9. The Morgan fingerprint density at radius 2 is 1.95 bits per heavy atom. The Balaban J connectivity index is 3.74.